The fourth-order valence-corrected chi connectivity index (χ4v) is 2.61. The highest BCUT2D eigenvalue weighted by atomic mass is 79.9. The lowest BCUT2D eigenvalue weighted by molar-refractivity contribution is -0.00960. The van der Waals surface area contributed by atoms with Gasteiger partial charge in [-0.1, -0.05) is 13.0 Å². The molecule has 19 heavy (non-hydrogen) atoms. The maximum absolute atomic E-state index is 5.60. The molecule has 0 radical (unpaired) electrons. The van der Waals surface area contributed by atoms with Crippen LogP contribution in [0.3, 0.4) is 0 Å². The molecule has 1 aromatic carbocycles. The second kappa shape index (κ2) is 7.27. The van der Waals surface area contributed by atoms with Gasteiger partial charge in [0, 0.05) is 13.2 Å². The first kappa shape index (κ1) is 16.5. The monoisotopic (exact) mass is 329 g/mol. The van der Waals surface area contributed by atoms with Crippen molar-refractivity contribution in [3.8, 4) is 5.75 Å². The van der Waals surface area contributed by atoms with E-state index in [1.54, 1.807) is 14.2 Å². The van der Waals surface area contributed by atoms with Gasteiger partial charge in [0.2, 0.25) is 0 Å². The van der Waals surface area contributed by atoms with Crippen LogP contribution in [0.1, 0.15) is 26.3 Å². The van der Waals surface area contributed by atoms with Gasteiger partial charge >= 0.3 is 0 Å². The Morgan fingerprint density at radius 1 is 1.32 bits per heavy atom. The Morgan fingerprint density at radius 2 is 2.00 bits per heavy atom. The molecule has 0 bridgehead atoms. The van der Waals surface area contributed by atoms with E-state index in [1.807, 2.05) is 6.07 Å². The molecule has 1 unspecified atom stereocenters. The summed E-state index contributed by atoms with van der Waals surface area (Å²) in [6.45, 7) is 7.26. The van der Waals surface area contributed by atoms with Crippen LogP contribution in [0.25, 0.3) is 0 Å². The molecule has 108 valence electrons. The number of methoxy groups -OCH3 is 2. The third-order valence-corrected chi connectivity index (χ3v) is 4.09. The van der Waals surface area contributed by atoms with Gasteiger partial charge in [-0.2, -0.15) is 0 Å². The van der Waals surface area contributed by atoms with Gasteiger partial charge in [-0.3, -0.25) is 0 Å². The van der Waals surface area contributed by atoms with Gasteiger partial charge in [0.15, 0.2) is 0 Å². The lowest BCUT2D eigenvalue weighted by Gasteiger charge is -2.34. The number of hydrogen-bond donors (Lipinski definition) is 1. The number of nitrogens with one attached hydrogen (secondary N) is 1. The molecule has 0 aromatic heterocycles. The predicted octanol–water partition coefficient (Wildman–Crippen LogP) is 3.40. The van der Waals surface area contributed by atoms with Crippen molar-refractivity contribution >= 4 is 15.9 Å². The van der Waals surface area contributed by atoms with E-state index in [1.165, 1.54) is 5.56 Å². The fourth-order valence-electron chi connectivity index (χ4n) is 2.02. The van der Waals surface area contributed by atoms with Gasteiger partial charge in [-0.15, -0.1) is 0 Å². The summed E-state index contributed by atoms with van der Waals surface area (Å²) in [6.07, 6.45) is 0.914. The largest absolute Gasteiger partial charge is 0.496 e. The van der Waals surface area contributed by atoms with Crippen LogP contribution in [0.15, 0.2) is 22.7 Å². The molecule has 3 nitrogen and oxygen atoms in total. The van der Waals surface area contributed by atoms with E-state index in [4.69, 9.17) is 9.47 Å². The Labute approximate surface area is 124 Å². The average Bonchev–Trinajstić information content (AvgIpc) is 2.38. The molecule has 0 spiro atoms. The van der Waals surface area contributed by atoms with Crippen molar-refractivity contribution in [2.24, 2.45) is 0 Å². The third kappa shape index (κ3) is 4.48. The SMILES string of the molecule is CCNC(Cc1ccc(OC)c(Br)c1)C(C)(C)OC. The minimum Gasteiger partial charge on any atom is -0.496 e. The van der Waals surface area contributed by atoms with Crippen LogP contribution in [0.2, 0.25) is 0 Å². The van der Waals surface area contributed by atoms with Crippen LogP contribution in [-0.2, 0) is 11.2 Å². The lowest BCUT2D eigenvalue weighted by atomic mass is 9.92. The van der Waals surface area contributed by atoms with Crippen molar-refractivity contribution in [1.29, 1.82) is 0 Å². The summed E-state index contributed by atoms with van der Waals surface area (Å²) >= 11 is 3.53. The molecule has 1 N–H and O–H groups in total. The van der Waals surface area contributed by atoms with Crippen LogP contribution >= 0.6 is 15.9 Å². The highest BCUT2D eigenvalue weighted by molar-refractivity contribution is 9.10. The molecule has 0 saturated heterocycles. The first-order valence-corrected chi connectivity index (χ1v) is 7.34. The molecule has 0 aliphatic heterocycles. The maximum atomic E-state index is 5.60. The second-order valence-electron chi connectivity index (χ2n) is 5.09. The summed E-state index contributed by atoms with van der Waals surface area (Å²) in [6, 6.07) is 6.46. The Kier molecular flexibility index (Phi) is 6.30. The standard InChI is InChI=1S/C15H24BrNO2/c1-6-17-14(15(2,3)19-5)10-11-7-8-13(18-4)12(16)9-11/h7-9,14,17H,6,10H2,1-5H3. The zero-order valence-corrected chi connectivity index (χ0v) is 14.0. The minimum absolute atomic E-state index is 0.206. The van der Waals surface area contributed by atoms with E-state index in [0.29, 0.717) is 0 Å². The van der Waals surface area contributed by atoms with E-state index in [2.05, 4.69) is 54.2 Å². The van der Waals surface area contributed by atoms with Crippen molar-refractivity contribution in [1.82, 2.24) is 5.32 Å². The smallest absolute Gasteiger partial charge is 0.133 e. The average molecular weight is 330 g/mol. The number of rotatable bonds is 7. The van der Waals surface area contributed by atoms with Crippen molar-refractivity contribution in [2.45, 2.75) is 38.8 Å². The summed E-state index contributed by atoms with van der Waals surface area (Å²) in [4.78, 5) is 0. The zero-order valence-electron chi connectivity index (χ0n) is 12.4. The topological polar surface area (TPSA) is 30.5 Å². The minimum atomic E-state index is -0.206. The molecule has 0 aliphatic rings. The molecule has 0 fully saturated rings. The van der Waals surface area contributed by atoms with Crippen molar-refractivity contribution in [3.63, 3.8) is 0 Å². The number of halogens is 1. The first-order valence-electron chi connectivity index (χ1n) is 6.55. The van der Waals surface area contributed by atoms with Crippen LogP contribution in [0.4, 0.5) is 0 Å². The van der Waals surface area contributed by atoms with Gasteiger partial charge < -0.3 is 14.8 Å². The predicted molar refractivity (Wildman–Crippen MR) is 83.0 cm³/mol. The number of ether oxygens (including phenoxy) is 2. The normalized spacial score (nSPS) is 13.4. The Hall–Kier alpha value is -0.580. The van der Waals surface area contributed by atoms with Gasteiger partial charge in [0.1, 0.15) is 5.75 Å². The van der Waals surface area contributed by atoms with Gasteiger partial charge in [0.05, 0.1) is 17.2 Å². The number of benzene rings is 1. The van der Waals surface area contributed by atoms with Crippen molar-refractivity contribution < 1.29 is 9.47 Å². The first-order chi connectivity index (χ1) is 8.94. The van der Waals surface area contributed by atoms with Crippen molar-refractivity contribution in [2.75, 3.05) is 20.8 Å². The van der Waals surface area contributed by atoms with Crippen LogP contribution < -0.4 is 10.1 Å². The highest BCUT2D eigenvalue weighted by Gasteiger charge is 2.28. The van der Waals surface area contributed by atoms with E-state index >= 15 is 0 Å². The molecular formula is C15H24BrNO2. The summed E-state index contributed by atoms with van der Waals surface area (Å²) in [5.74, 6) is 0.856. The van der Waals surface area contributed by atoms with Crippen LogP contribution in [0, 0.1) is 0 Å². The molecular weight excluding hydrogens is 306 g/mol. The lowest BCUT2D eigenvalue weighted by Crippen LogP contribution is -2.49. The molecule has 1 aromatic rings. The van der Waals surface area contributed by atoms with Crippen LogP contribution in [0.5, 0.6) is 5.75 Å². The summed E-state index contributed by atoms with van der Waals surface area (Å²) in [5.41, 5.74) is 1.05. The maximum Gasteiger partial charge on any atom is 0.133 e. The van der Waals surface area contributed by atoms with Crippen molar-refractivity contribution in [3.05, 3.63) is 28.2 Å². The molecule has 4 heteroatoms. The fraction of sp³-hybridized carbons (Fsp3) is 0.600. The molecule has 0 aliphatic carbocycles. The Bertz CT molecular complexity index is 407. The third-order valence-electron chi connectivity index (χ3n) is 3.47. The van der Waals surface area contributed by atoms with E-state index in [-0.39, 0.29) is 11.6 Å². The molecule has 1 rings (SSSR count). The van der Waals surface area contributed by atoms with E-state index < -0.39 is 0 Å². The molecule has 0 amide bonds. The molecule has 0 saturated carbocycles. The van der Waals surface area contributed by atoms with Gasteiger partial charge in [0.25, 0.3) is 0 Å². The molecule has 0 heterocycles. The number of hydrogen-bond acceptors (Lipinski definition) is 3. The van der Waals surface area contributed by atoms with Gasteiger partial charge in [-0.25, -0.2) is 0 Å². The van der Waals surface area contributed by atoms with E-state index in [0.717, 1.165) is 23.2 Å². The Morgan fingerprint density at radius 3 is 2.47 bits per heavy atom. The highest BCUT2D eigenvalue weighted by Crippen LogP contribution is 2.27. The molecule has 1 atom stereocenters. The zero-order chi connectivity index (χ0) is 14.5. The summed E-state index contributed by atoms with van der Waals surface area (Å²) < 4.78 is 11.8. The van der Waals surface area contributed by atoms with E-state index in [9.17, 15) is 0 Å². The Balaban J connectivity index is 2.88. The summed E-state index contributed by atoms with van der Waals surface area (Å²) in [5, 5.41) is 3.50. The number of likely N-dealkylation sites (N-methyl/N-ethyl adjacent to an activating group) is 1. The van der Waals surface area contributed by atoms with Gasteiger partial charge in [-0.05, 0) is 60.4 Å². The quantitative estimate of drug-likeness (QED) is 0.831. The summed E-state index contributed by atoms with van der Waals surface area (Å²) in [7, 11) is 3.43. The second-order valence-corrected chi connectivity index (χ2v) is 5.95. The van der Waals surface area contributed by atoms with Crippen LogP contribution in [-0.4, -0.2) is 32.4 Å².